The molecule has 2 nitrogen and oxygen atoms in total. The number of halogens is 4. The Hall–Kier alpha value is -1.01. The number of rotatable bonds is 0. The Morgan fingerprint density at radius 3 is 2.53 bits per heavy atom. The summed E-state index contributed by atoms with van der Waals surface area (Å²) >= 11 is 0.602. The molecule has 2 aromatic rings. The van der Waals surface area contributed by atoms with Crippen LogP contribution in [0.25, 0.3) is 10.2 Å². The van der Waals surface area contributed by atoms with Crippen LogP contribution >= 0.6 is 23.7 Å². The number of benzene rings is 1. The van der Waals surface area contributed by atoms with E-state index in [1.165, 1.54) is 18.2 Å². The van der Waals surface area contributed by atoms with Gasteiger partial charge in [-0.3, -0.25) is 0 Å². The molecule has 0 unspecified atom stereocenters. The fourth-order valence-electron chi connectivity index (χ4n) is 1.06. The minimum absolute atomic E-state index is 0. The second-order valence-corrected chi connectivity index (χ2v) is 3.77. The van der Waals surface area contributed by atoms with Gasteiger partial charge < -0.3 is 5.73 Å². The van der Waals surface area contributed by atoms with Crippen LogP contribution in [0.4, 0.5) is 18.9 Å². The van der Waals surface area contributed by atoms with Crippen molar-refractivity contribution in [2.75, 3.05) is 5.73 Å². The van der Waals surface area contributed by atoms with Crippen LogP contribution in [0.3, 0.4) is 0 Å². The summed E-state index contributed by atoms with van der Waals surface area (Å²) in [5.41, 5.74) is 6.21. The molecule has 2 N–H and O–H groups in total. The number of aromatic nitrogens is 1. The third-order valence-electron chi connectivity index (χ3n) is 1.65. The second kappa shape index (κ2) is 3.86. The van der Waals surface area contributed by atoms with Crippen LogP contribution in [-0.2, 0) is 6.18 Å². The minimum Gasteiger partial charge on any atom is -0.399 e. The van der Waals surface area contributed by atoms with Gasteiger partial charge in [0.25, 0.3) is 0 Å². The van der Waals surface area contributed by atoms with Crippen molar-refractivity contribution in [2.45, 2.75) is 6.18 Å². The first-order valence-electron chi connectivity index (χ1n) is 3.70. The number of nitrogens with two attached hydrogens (primary N) is 1. The van der Waals surface area contributed by atoms with E-state index in [4.69, 9.17) is 5.73 Å². The van der Waals surface area contributed by atoms with Crippen molar-refractivity contribution in [1.82, 2.24) is 4.98 Å². The first kappa shape index (κ1) is 12.1. The second-order valence-electron chi connectivity index (χ2n) is 2.74. The minimum atomic E-state index is -4.38. The smallest absolute Gasteiger partial charge is 0.399 e. The Morgan fingerprint density at radius 1 is 1.27 bits per heavy atom. The molecule has 0 amide bonds. The quantitative estimate of drug-likeness (QED) is 0.733. The summed E-state index contributed by atoms with van der Waals surface area (Å²) in [7, 11) is 0. The van der Waals surface area contributed by atoms with Crippen molar-refractivity contribution < 1.29 is 13.2 Å². The average molecular weight is 255 g/mol. The maximum absolute atomic E-state index is 12.2. The van der Waals surface area contributed by atoms with E-state index >= 15 is 0 Å². The molecule has 0 atom stereocenters. The first-order valence-corrected chi connectivity index (χ1v) is 4.52. The predicted octanol–water partition coefficient (Wildman–Crippen LogP) is 3.32. The summed E-state index contributed by atoms with van der Waals surface area (Å²) in [6.45, 7) is 0. The molecule has 1 aromatic carbocycles. The third-order valence-corrected chi connectivity index (χ3v) is 2.72. The van der Waals surface area contributed by atoms with E-state index in [0.29, 0.717) is 27.2 Å². The van der Waals surface area contributed by atoms with Crippen LogP contribution in [0.2, 0.25) is 0 Å². The van der Waals surface area contributed by atoms with E-state index in [0.717, 1.165) is 0 Å². The SMILES string of the molecule is Cl.Nc1ccc2nc(C(F)(F)F)sc2c1. The Bertz CT molecular complexity index is 480. The van der Waals surface area contributed by atoms with E-state index < -0.39 is 11.2 Å². The lowest BCUT2D eigenvalue weighted by Crippen LogP contribution is -2.03. The Labute approximate surface area is 93.3 Å². The van der Waals surface area contributed by atoms with Crippen LogP contribution < -0.4 is 5.73 Å². The molecule has 0 spiro atoms. The third kappa shape index (κ3) is 2.32. The van der Waals surface area contributed by atoms with Gasteiger partial charge in [0.05, 0.1) is 10.2 Å². The number of nitrogens with zero attached hydrogens (tertiary/aromatic N) is 1. The maximum atomic E-state index is 12.2. The summed E-state index contributed by atoms with van der Waals surface area (Å²) < 4.78 is 37.2. The van der Waals surface area contributed by atoms with E-state index in [1.807, 2.05) is 0 Å². The largest absolute Gasteiger partial charge is 0.443 e. The molecular formula is C8H6ClF3N2S. The normalized spacial score (nSPS) is 11.4. The van der Waals surface area contributed by atoms with Crippen molar-refractivity contribution in [3.8, 4) is 0 Å². The number of anilines is 1. The fourth-order valence-corrected chi connectivity index (χ4v) is 1.94. The van der Waals surface area contributed by atoms with E-state index in [9.17, 15) is 13.2 Å². The Morgan fingerprint density at radius 2 is 1.93 bits per heavy atom. The lowest BCUT2D eigenvalue weighted by atomic mass is 10.3. The molecule has 0 bridgehead atoms. The van der Waals surface area contributed by atoms with Gasteiger partial charge in [0, 0.05) is 5.69 Å². The van der Waals surface area contributed by atoms with Gasteiger partial charge in [-0.15, -0.1) is 23.7 Å². The molecule has 0 aliphatic carbocycles. The summed E-state index contributed by atoms with van der Waals surface area (Å²) in [6, 6.07) is 4.50. The van der Waals surface area contributed by atoms with Gasteiger partial charge in [-0.2, -0.15) is 13.2 Å². The molecule has 0 aliphatic heterocycles. The average Bonchev–Trinajstić information content (AvgIpc) is 2.45. The lowest BCUT2D eigenvalue weighted by Gasteiger charge is -1.98. The highest BCUT2D eigenvalue weighted by atomic mass is 35.5. The summed E-state index contributed by atoms with van der Waals surface area (Å²) in [4.78, 5) is 3.46. The zero-order valence-corrected chi connectivity index (χ0v) is 8.84. The molecular weight excluding hydrogens is 249 g/mol. The Balaban J connectivity index is 0.00000112. The van der Waals surface area contributed by atoms with Gasteiger partial charge in [0.1, 0.15) is 0 Å². The van der Waals surface area contributed by atoms with Crippen molar-refractivity contribution in [3.05, 3.63) is 23.2 Å². The highest BCUT2D eigenvalue weighted by molar-refractivity contribution is 7.18. The predicted molar refractivity (Wildman–Crippen MR) is 56.3 cm³/mol. The molecule has 1 aromatic heterocycles. The number of alkyl halides is 3. The molecule has 82 valence electrons. The van der Waals surface area contributed by atoms with E-state index in [1.54, 1.807) is 0 Å². The Kier molecular flexibility index (Phi) is 3.11. The zero-order chi connectivity index (χ0) is 10.3. The van der Waals surface area contributed by atoms with Crippen molar-refractivity contribution in [2.24, 2.45) is 0 Å². The van der Waals surface area contributed by atoms with Crippen molar-refractivity contribution in [3.63, 3.8) is 0 Å². The highest BCUT2D eigenvalue weighted by Crippen LogP contribution is 2.35. The molecule has 0 radical (unpaired) electrons. The topological polar surface area (TPSA) is 38.9 Å². The van der Waals surface area contributed by atoms with Crippen molar-refractivity contribution >= 4 is 39.6 Å². The van der Waals surface area contributed by atoms with Gasteiger partial charge >= 0.3 is 6.18 Å². The zero-order valence-electron chi connectivity index (χ0n) is 7.21. The van der Waals surface area contributed by atoms with E-state index in [2.05, 4.69) is 4.98 Å². The summed E-state index contributed by atoms with van der Waals surface area (Å²) in [5.74, 6) is 0. The molecule has 15 heavy (non-hydrogen) atoms. The van der Waals surface area contributed by atoms with Crippen LogP contribution in [0.15, 0.2) is 18.2 Å². The number of hydrogen-bond donors (Lipinski definition) is 1. The number of hydrogen-bond acceptors (Lipinski definition) is 3. The first-order chi connectivity index (χ1) is 6.47. The number of thiazole rings is 1. The lowest BCUT2D eigenvalue weighted by molar-refractivity contribution is -0.137. The summed E-state index contributed by atoms with van der Waals surface area (Å²) in [5, 5.41) is -0.835. The van der Waals surface area contributed by atoms with Gasteiger partial charge in [-0.1, -0.05) is 0 Å². The summed E-state index contributed by atoms with van der Waals surface area (Å²) in [6.07, 6.45) is -4.38. The standard InChI is InChI=1S/C8H5F3N2S.ClH/c9-8(10,11)7-13-5-2-1-4(12)3-6(5)14-7;/h1-3H,12H2;1H. The molecule has 0 aliphatic rings. The van der Waals surface area contributed by atoms with Crippen molar-refractivity contribution in [1.29, 1.82) is 0 Å². The van der Waals surface area contributed by atoms with Crippen LogP contribution in [0.1, 0.15) is 5.01 Å². The molecule has 7 heteroatoms. The fraction of sp³-hybridized carbons (Fsp3) is 0.125. The van der Waals surface area contributed by atoms with Gasteiger partial charge in [-0.05, 0) is 18.2 Å². The van der Waals surface area contributed by atoms with Crippen LogP contribution in [0, 0.1) is 0 Å². The van der Waals surface area contributed by atoms with Gasteiger partial charge in [0.15, 0.2) is 5.01 Å². The number of fused-ring (bicyclic) bond motifs is 1. The van der Waals surface area contributed by atoms with Gasteiger partial charge in [0.2, 0.25) is 0 Å². The van der Waals surface area contributed by atoms with Crippen LogP contribution in [-0.4, -0.2) is 4.98 Å². The molecule has 0 saturated carbocycles. The molecule has 1 heterocycles. The molecule has 0 fully saturated rings. The van der Waals surface area contributed by atoms with Crippen LogP contribution in [0.5, 0.6) is 0 Å². The maximum Gasteiger partial charge on any atom is 0.443 e. The number of nitrogen functional groups attached to an aromatic ring is 1. The van der Waals surface area contributed by atoms with E-state index in [-0.39, 0.29) is 12.4 Å². The monoisotopic (exact) mass is 254 g/mol. The van der Waals surface area contributed by atoms with Gasteiger partial charge in [-0.25, -0.2) is 4.98 Å². The molecule has 2 rings (SSSR count). The molecule has 0 saturated heterocycles. The highest BCUT2D eigenvalue weighted by Gasteiger charge is 2.34.